The molecule has 0 bridgehead atoms. The smallest absolute Gasteiger partial charge is 0.387 e. The number of hydrogen-bond acceptors (Lipinski definition) is 5. The van der Waals surface area contributed by atoms with E-state index in [-0.39, 0.29) is 35.5 Å². The second kappa shape index (κ2) is 13.1. The number of hydrogen-bond donors (Lipinski definition) is 2. The van der Waals surface area contributed by atoms with Gasteiger partial charge in [-0.05, 0) is 24.6 Å². The predicted octanol–water partition coefficient (Wildman–Crippen LogP) is 2.82. The van der Waals surface area contributed by atoms with E-state index >= 15 is 0 Å². The fourth-order valence-corrected chi connectivity index (χ4v) is 2.56. The van der Waals surface area contributed by atoms with Crippen LogP contribution in [0.5, 0.6) is 11.5 Å². The standard InChI is InChI=1S/C18H26F2N6O2.HI/c1-4-16-25-24-12-26(16)9-8-22-18(21-3)23-11-13-6-7-14(28-17(19)20)15(10-13)27-5-2;/h6-7,10,12,17H,4-5,8-9,11H2,1-3H3,(H2,21,22,23);1H. The van der Waals surface area contributed by atoms with Crippen molar-refractivity contribution in [1.82, 2.24) is 25.4 Å². The molecule has 1 aromatic carbocycles. The summed E-state index contributed by atoms with van der Waals surface area (Å²) in [4.78, 5) is 4.18. The molecule has 1 aromatic heterocycles. The molecule has 0 amide bonds. The van der Waals surface area contributed by atoms with E-state index in [4.69, 9.17) is 4.74 Å². The number of aryl methyl sites for hydroxylation is 1. The molecule has 11 heteroatoms. The number of aliphatic imine (C=N–C) groups is 1. The summed E-state index contributed by atoms with van der Waals surface area (Å²) in [5.41, 5.74) is 0.847. The van der Waals surface area contributed by atoms with Crippen LogP contribution in [0.2, 0.25) is 0 Å². The summed E-state index contributed by atoms with van der Waals surface area (Å²) in [6.07, 6.45) is 2.52. The fraction of sp³-hybridized carbons (Fsp3) is 0.500. The third-order valence-electron chi connectivity index (χ3n) is 3.86. The van der Waals surface area contributed by atoms with Gasteiger partial charge in [-0.2, -0.15) is 8.78 Å². The van der Waals surface area contributed by atoms with Crippen LogP contribution in [0, 0.1) is 0 Å². The van der Waals surface area contributed by atoms with E-state index < -0.39 is 6.61 Å². The Labute approximate surface area is 186 Å². The zero-order chi connectivity index (χ0) is 20.4. The molecule has 0 aliphatic heterocycles. The van der Waals surface area contributed by atoms with E-state index in [0.29, 0.717) is 32.2 Å². The number of nitrogens with zero attached hydrogens (tertiary/aromatic N) is 4. The minimum absolute atomic E-state index is 0. The first-order valence-corrected chi connectivity index (χ1v) is 9.09. The number of aromatic nitrogens is 3. The van der Waals surface area contributed by atoms with Gasteiger partial charge in [-0.15, -0.1) is 34.2 Å². The van der Waals surface area contributed by atoms with Crippen molar-refractivity contribution in [1.29, 1.82) is 0 Å². The van der Waals surface area contributed by atoms with Gasteiger partial charge < -0.3 is 24.7 Å². The first kappa shape index (κ1) is 24.9. The normalized spacial score (nSPS) is 11.2. The average molecular weight is 524 g/mol. The molecule has 2 N–H and O–H groups in total. The minimum Gasteiger partial charge on any atom is -0.490 e. The zero-order valence-corrected chi connectivity index (χ0v) is 19.0. The highest BCUT2D eigenvalue weighted by atomic mass is 127. The van der Waals surface area contributed by atoms with Crippen LogP contribution in [-0.2, 0) is 19.5 Å². The Hall–Kier alpha value is -2.18. The van der Waals surface area contributed by atoms with Crippen molar-refractivity contribution in [2.45, 2.75) is 40.0 Å². The number of benzene rings is 1. The zero-order valence-electron chi connectivity index (χ0n) is 16.7. The molecule has 8 nitrogen and oxygen atoms in total. The van der Waals surface area contributed by atoms with Crippen LogP contribution in [-0.4, -0.2) is 47.5 Å². The molecule has 0 saturated carbocycles. The molecule has 0 saturated heterocycles. The minimum atomic E-state index is -2.90. The third kappa shape index (κ3) is 7.99. The van der Waals surface area contributed by atoms with Crippen LogP contribution in [0.4, 0.5) is 8.78 Å². The molecule has 2 aromatic rings. The molecule has 0 unspecified atom stereocenters. The van der Waals surface area contributed by atoms with E-state index in [1.165, 1.54) is 6.07 Å². The Morgan fingerprint density at radius 2 is 2.03 bits per heavy atom. The van der Waals surface area contributed by atoms with E-state index in [2.05, 4.69) is 30.6 Å². The Kier molecular flexibility index (Phi) is 11.2. The molecule has 0 atom stereocenters. The summed E-state index contributed by atoms with van der Waals surface area (Å²) in [5.74, 6) is 1.85. The van der Waals surface area contributed by atoms with Crippen molar-refractivity contribution in [3.05, 3.63) is 35.9 Å². The van der Waals surface area contributed by atoms with Crippen LogP contribution in [0.3, 0.4) is 0 Å². The van der Waals surface area contributed by atoms with Gasteiger partial charge in [0.2, 0.25) is 0 Å². The van der Waals surface area contributed by atoms with Crippen molar-refractivity contribution in [2.24, 2.45) is 4.99 Å². The van der Waals surface area contributed by atoms with E-state index in [0.717, 1.165) is 17.8 Å². The van der Waals surface area contributed by atoms with E-state index in [1.807, 2.05) is 11.5 Å². The van der Waals surface area contributed by atoms with Gasteiger partial charge in [-0.1, -0.05) is 13.0 Å². The molecule has 162 valence electrons. The quantitative estimate of drug-likeness (QED) is 0.283. The monoisotopic (exact) mass is 524 g/mol. The van der Waals surface area contributed by atoms with Crippen LogP contribution < -0.4 is 20.1 Å². The molecule has 0 aliphatic carbocycles. The van der Waals surface area contributed by atoms with Gasteiger partial charge >= 0.3 is 6.61 Å². The summed E-state index contributed by atoms with van der Waals surface area (Å²) in [6, 6.07) is 4.85. The Balaban J connectivity index is 0.00000420. The Morgan fingerprint density at radius 3 is 2.69 bits per heavy atom. The van der Waals surface area contributed by atoms with E-state index in [1.54, 1.807) is 32.4 Å². The van der Waals surface area contributed by atoms with Gasteiger partial charge in [0.05, 0.1) is 6.61 Å². The number of halogens is 3. The maximum Gasteiger partial charge on any atom is 0.387 e. The molecule has 0 radical (unpaired) electrons. The van der Waals surface area contributed by atoms with Gasteiger partial charge in [-0.3, -0.25) is 4.99 Å². The summed E-state index contributed by atoms with van der Waals surface area (Å²) >= 11 is 0. The highest BCUT2D eigenvalue weighted by Crippen LogP contribution is 2.29. The molecule has 0 spiro atoms. The first-order chi connectivity index (χ1) is 13.6. The molecule has 1 heterocycles. The SMILES string of the molecule is CCOc1cc(CNC(=NC)NCCn2cnnc2CC)ccc1OC(F)F.I. The number of ether oxygens (including phenoxy) is 2. The van der Waals surface area contributed by atoms with Crippen molar-refractivity contribution < 1.29 is 18.3 Å². The van der Waals surface area contributed by atoms with Gasteiger partial charge in [0.1, 0.15) is 12.2 Å². The summed E-state index contributed by atoms with van der Waals surface area (Å²) in [5, 5.41) is 14.3. The Morgan fingerprint density at radius 1 is 1.24 bits per heavy atom. The van der Waals surface area contributed by atoms with Crippen molar-refractivity contribution in [3.63, 3.8) is 0 Å². The molecular weight excluding hydrogens is 497 g/mol. The molecular formula is C18H27F2IN6O2. The molecule has 2 rings (SSSR count). The number of nitrogens with one attached hydrogen (secondary N) is 2. The second-order valence-corrected chi connectivity index (χ2v) is 5.74. The largest absolute Gasteiger partial charge is 0.490 e. The maximum atomic E-state index is 12.5. The lowest BCUT2D eigenvalue weighted by molar-refractivity contribution is -0.0514. The summed E-state index contributed by atoms with van der Waals surface area (Å²) < 4.78 is 36.8. The Bertz CT molecular complexity index is 773. The molecule has 29 heavy (non-hydrogen) atoms. The maximum absolute atomic E-state index is 12.5. The lowest BCUT2D eigenvalue weighted by Gasteiger charge is -2.15. The van der Waals surface area contributed by atoms with Crippen molar-refractivity contribution >= 4 is 29.9 Å². The van der Waals surface area contributed by atoms with Crippen LogP contribution in [0.15, 0.2) is 29.5 Å². The van der Waals surface area contributed by atoms with Crippen LogP contribution in [0.1, 0.15) is 25.2 Å². The first-order valence-electron chi connectivity index (χ1n) is 9.09. The van der Waals surface area contributed by atoms with Crippen molar-refractivity contribution in [3.8, 4) is 11.5 Å². The van der Waals surface area contributed by atoms with E-state index in [9.17, 15) is 8.78 Å². The molecule has 0 fully saturated rings. The topological polar surface area (TPSA) is 85.6 Å². The average Bonchev–Trinajstić information content (AvgIpc) is 3.13. The van der Waals surface area contributed by atoms with Gasteiger partial charge in [0.25, 0.3) is 0 Å². The van der Waals surface area contributed by atoms with Crippen LogP contribution in [0.25, 0.3) is 0 Å². The lowest BCUT2D eigenvalue weighted by atomic mass is 10.2. The fourth-order valence-electron chi connectivity index (χ4n) is 2.56. The lowest BCUT2D eigenvalue weighted by Crippen LogP contribution is -2.38. The van der Waals surface area contributed by atoms with Gasteiger partial charge in [0.15, 0.2) is 17.5 Å². The second-order valence-electron chi connectivity index (χ2n) is 5.74. The number of alkyl halides is 2. The van der Waals surface area contributed by atoms with Gasteiger partial charge in [-0.25, -0.2) is 0 Å². The highest BCUT2D eigenvalue weighted by molar-refractivity contribution is 14.0. The van der Waals surface area contributed by atoms with Crippen molar-refractivity contribution in [2.75, 3.05) is 20.2 Å². The summed E-state index contributed by atoms with van der Waals surface area (Å²) in [6.45, 7) is 3.07. The van der Waals surface area contributed by atoms with Gasteiger partial charge in [0, 0.05) is 33.1 Å². The third-order valence-corrected chi connectivity index (χ3v) is 3.86. The predicted molar refractivity (Wildman–Crippen MR) is 117 cm³/mol. The number of guanidine groups is 1. The number of rotatable bonds is 10. The molecule has 0 aliphatic rings. The highest BCUT2D eigenvalue weighted by Gasteiger charge is 2.12. The summed E-state index contributed by atoms with van der Waals surface area (Å²) in [7, 11) is 1.68. The van der Waals surface area contributed by atoms with Crippen LogP contribution >= 0.6 is 24.0 Å².